The molecule has 0 fully saturated rings. The molecule has 1 unspecified atom stereocenters. The van der Waals surface area contributed by atoms with Crippen molar-refractivity contribution in [2.45, 2.75) is 26.4 Å². The Hall–Kier alpha value is -1.72. The van der Waals surface area contributed by atoms with Crippen LogP contribution in [0.3, 0.4) is 0 Å². The Balaban J connectivity index is 2.62. The number of aliphatic carboxylic acids is 1. The lowest BCUT2D eigenvalue weighted by Crippen LogP contribution is -2.23. The molecule has 1 rings (SSSR count). The molecule has 1 aromatic rings. The van der Waals surface area contributed by atoms with E-state index in [2.05, 4.69) is 0 Å². The fourth-order valence-corrected chi connectivity index (χ4v) is 1.75. The van der Waals surface area contributed by atoms with Gasteiger partial charge < -0.3 is 9.84 Å². The third-order valence-corrected chi connectivity index (χ3v) is 2.74. The van der Waals surface area contributed by atoms with Crippen LogP contribution in [0.5, 0.6) is 5.75 Å². The van der Waals surface area contributed by atoms with Crippen molar-refractivity contribution >= 4 is 5.97 Å². The fraction of sp³-hybridized carbons (Fsp3) is 0.500. The van der Waals surface area contributed by atoms with Gasteiger partial charge in [0.25, 0.3) is 0 Å². The van der Waals surface area contributed by atoms with Gasteiger partial charge >= 0.3 is 12.1 Å². The number of hydrogen-bond acceptors (Lipinski definition) is 2. The van der Waals surface area contributed by atoms with E-state index >= 15 is 0 Å². The third-order valence-electron chi connectivity index (χ3n) is 2.74. The van der Waals surface area contributed by atoms with Gasteiger partial charge in [0.15, 0.2) is 0 Å². The average molecular weight is 290 g/mol. The number of carbonyl (C=O) groups is 1. The molecule has 20 heavy (non-hydrogen) atoms. The van der Waals surface area contributed by atoms with Gasteiger partial charge in [-0.3, -0.25) is 4.79 Å². The maximum Gasteiger partial charge on any atom is 0.416 e. The predicted molar refractivity (Wildman–Crippen MR) is 67.5 cm³/mol. The molecular weight excluding hydrogens is 273 g/mol. The van der Waals surface area contributed by atoms with Crippen molar-refractivity contribution in [2.24, 2.45) is 11.8 Å². The van der Waals surface area contributed by atoms with Gasteiger partial charge in [-0.2, -0.15) is 13.2 Å². The van der Waals surface area contributed by atoms with Gasteiger partial charge in [0.05, 0.1) is 11.5 Å². The highest BCUT2D eigenvalue weighted by Gasteiger charge is 2.30. The lowest BCUT2D eigenvalue weighted by molar-refractivity contribution is -0.143. The minimum atomic E-state index is -4.39. The SMILES string of the molecule is CC(C)CC(COc1ccc(C(F)(F)F)cc1)C(=O)O. The van der Waals surface area contributed by atoms with Crippen molar-refractivity contribution in [1.29, 1.82) is 0 Å². The summed E-state index contributed by atoms with van der Waals surface area (Å²) in [6.07, 6.45) is -3.93. The molecule has 3 nitrogen and oxygen atoms in total. The molecule has 0 aliphatic heterocycles. The van der Waals surface area contributed by atoms with Crippen molar-refractivity contribution in [2.75, 3.05) is 6.61 Å². The highest BCUT2D eigenvalue weighted by atomic mass is 19.4. The molecule has 0 aliphatic rings. The first-order valence-corrected chi connectivity index (χ1v) is 6.23. The number of alkyl halides is 3. The van der Waals surface area contributed by atoms with E-state index in [0.717, 1.165) is 12.1 Å². The Bertz CT molecular complexity index is 438. The van der Waals surface area contributed by atoms with Gasteiger partial charge in [-0.1, -0.05) is 13.8 Å². The molecular formula is C14H17F3O3. The van der Waals surface area contributed by atoms with Gasteiger partial charge in [-0.15, -0.1) is 0 Å². The van der Waals surface area contributed by atoms with Gasteiger partial charge in [0.1, 0.15) is 12.4 Å². The van der Waals surface area contributed by atoms with Gasteiger partial charge in [0, 0.05) is 0 Å². The van der Waals surface area contributed by atoms with Crippen LogP contribution in [0.25, 0.3) is 0 Å². The van der Waals surface area contributed by atoms with Crippen LogP contribution < -0.4 is 4.74 Å². The first-order valence-electron chi connectivity index (χ1n) is 6.23. The number of ether oxygens (including phenoxy) is 1. The van der Waals surface area contributed by atoms with E-state index in [-0.39, 0.29) is 18.3 Å². The summed E-state index contributed by atoms with van der Waals surface area (Å²) in [5, 5.41) is 9.02. The average Bonchev–Trinajstić information content (AvgIpc) is 2.33. The Morgan fingerprint density at radius 3 is 2.20 bits per heavy atom. The zero-order valence-corrected chi connectivity index (χ0v) is 11.3. The Kier molecular flexibility index (Phi) is 5.42. The normalized spacial score (nSPS) is 13.3. The number of halogens is 3. The molecule has 1 N–H and O–H groups in total. The zero-order chi connectivity index (χ0) is 15.3. The molecule has 0 spiro atoms. The molecule has 0 radical (unpaired) electrons. The van der Waals surface area contributed by atoms with Gasteiger partial charge in [0.2, 0.25) is 0 Å². The monoisotopic (exact) mass is 290 g/mol. The highest BCUT2D eigenvalue weighted by Crippen LogP contribution is 2.30. The largest absolute Gasteiger partial charge is 0.493 e. The number of carboxylic acids is 1. The van der Waals surface area contributed by atoms with E-state index in [9.17, 15) is 18.0 Å². The number of benzene rings is 1. The van der Waals surface area contributed by atoms with Gasteiger partial charge in [-0.05, 0) is 36.6 Å². The molecule has 1 atom stereocenters. The lowest BCUT2D eigenvalue weighted by Gasteiger charge is -2.16. The maximum atomic E-state index is 12.4. The van der Waals surface area contributed by atoms with Crippen molar-refractivity contribution in [1.82, 2.24) is 0 Å². The van der Waals surface area contributed by atoms with E-state index in [1.54, 1.807) is 0 Å². The van der Waals surface area contributed by atoms with Crippen LogP contribution >= 0.6 is 0 Å². The van der Waals surface area contributed by atoms with E-state index in [4.69, 9.17) is 9.84 Å². The standard InChI is InChI=1S/C14H17F3O3/c1-9(2)7-10(13(18)19)8-20-12-5-3-11(4-6-12)14(15,16)17/h3-6,9-10H,7-8H2,1-2H3,(H,18,19). The Morgan fingerprint density at radius 1 is 1.25 bits per heavy atom. The molecule has 0 aliphatic carbocycles. The summed E-state index contributed by atoms with van der Waals surface area (Å²) in [5.41, 5.74) is -0.762. The summed E-state index contributed by atoms with van der Waals surface area (Å²) in [6.45, 7) is 3.74. The van der Waals surface area contributed by atoms with Crippen molar-refractivity contribution in [3.63, 3.8) is 0 Å². The summed E-state index contributed by atoms with van der Waals surface area (Å²) in [7, 11) is 0. The zero-order valence-electron chi connectivity index (χ0n) is 11.3. The predicted octanol–water partition coefficient (Wildman–Crippen LogP) is 3.83. The second-order valence-electron chi connectivity index (χ2n) is 5.00. The van der Waals surface area contributed by atoms with Crippen molar-refractivity contribution < 1.29 is 27.8 Å². The Morgan fingerprint density at radius 2 is 1.80 bits per heavy atom. The van der Waals surface area contributed by atoms with Crippen LogP contribution in [0.4, 0.5) is 13.2 Å². The van der Waals surface area contributed by atoms with Crippen LogP contribution in [-0.2, 0) is 11.0 Å². The second-order valence-corrected chi connectivity index (χ2v) is 5.00. The third kappa shape index (κ3) is 5.11. The van der Waals surface area contributed by atoms with E-state index < -0.39 is 23.6 Å². The maximum absolute atomic E-state index is 12.4. The minimum Gasteiger partial charge on any atom is -0.493 e. The molecule has 0 aromatic heterocycles. The molecule has 0 heterocycles. The van der Waals surface area contributed by atoms with Gasteiger partial charge in [-0.25, -0.2) is 0 Å². The van der Waals surface area contributed by atoms with Crippen molar-refractivity contribution in [3.8, 4) is 5.75 Å². The molecule has 1 aromatic carbocycles. The molecule has 6 heteroatoms. The topological polar surface area (TPSA) is 46.5 Å². The smallest absolute Gasteiger partial charge is 0.416 e. The van der Waals surface area contributed by atoms with Crippen LogP contribution in [0.1, 0.15) is 25.8 Å². The lowest BCUT2D eigenvalue weighted by atomic mass is 9.98. The first-order chi connectivity index (χ1) is 9.20. The summed E-state index contributed by atoms with van der Waals surface area (Å²) in [6, 6.07) is 4.20. The Labute approximate surface area is 115 Å². The molecule has 0 saturated carbocycles. The van der Waals surface area contributed by atoms with Crippen molar-refractivity contribution in [3.05, 3.63) is 29.8 Å². The van der Waals surface area contributed by atoms with Crippen LogP contribution in [-0.4, -0.2) is 17.7 Å². The van der Waals surface area contributed by atoms with E-state index in [1.165, 1.54) is 12.1 Å². The van der Waals surface area contributed by atoms with Crippen LogP contribution in [0.2, 0.25) is 0 Å². The first kappa shape index (κ1) is 16.3. The minimum absolute atomic E-state index is 0.0567. The second kappa shape index (κ2) is 6.63. The van der Waals surface area contributed by atoms with Crippen LogP contribution in [0.15, 0.2) is 24.3 Å². The summed E-state index contributed by atoms with van der Waals surface area (Å²) in [4.78, 5) is 11.0. The molecule has 0 saturated heterocycles. The number of carboxylic acid groups (broad SMARTS) is 1. The number of hydrogen-bond donors (Lipinski definition) is 1. The molecule has 0 amide bonds. The quantitative estimate of drug-likeness (QED) is 0.866. The summed E-state index contributed by atoms with van der Waals surface area (Å²) < 4.78 is 42.3. The molecule has 0 bridgehead atoms. The summed E-state index contributed by atoms with van der Waals surface area (Å²) in [5.74, 6) is -1.21. The van der Waals surface area contributed by atoms with E-state index in [0.29, 0.717) is 6.42 Å². The fourth-order valence-electron chi connectivity index (χ4n) is 1.75. The highest BCUT2D eigenvalue weighted by molar-refractivity contribution is 5.70. The number of rotatable bonds is 6. The summed E-state index contributed by atoms with van der Waals surface area (Å²) >= 11 is 0. The van der Waals surface area contributed by atoms with E-state index in [1.807, 2.05) is 13.8 Å². The molecule has 112 valence electrons. The van der Waals surface area contributed by atoms with Crippen LogP contribution in [0, 0.1) is 11.8 Å².